The second-order valence-electron chi connectivity index (χ2n) is 6.33. The number of hydrogen-bond acceptors (Lipinski definition) is 3. The van der Waals surface area contributed by atoms with Crippen LogP contribution in [0, 0.1) is 5.92 Å². The zero-order valence-electron chi connectivity index (χ0n) is 14.0. The number of nitrogens with zero attached hydrogens (tertiary/aromatic N) is 2. The molecule has 1 atom stereocenters. The first-order valence-electron chi connectivity index (χ1n) is 8.16. The minimum absolute atomic E-state index is 0.181. The molecule has 0 aliphatic carbocycles. The van der Waals surface area contributed by atoms with E-state index in [4.69, 9.17) is 4.74 Å². The van der Waals surface area contributed by atoms with Crippen LogP contribution >= 0.6 is 0 Å². The van der Waals surface area contributed by atoms with E-state index in [1.807, 2.05) is 26.2 Å². The molecule has 1 fully saturated rings. The summed E-state index contributed by atoms with van der Waals surface area (Å²) in [6, 6.07) is 8.28. The van der Waals surface area contributed by atoms with E-state index in [-0.39, 0.29) is 11.8 Å². The molecule has 22 heavy (non-hydrogen) atoms. The van der Waals surface area contributed by atoms with Crippen molar-refractivity contribution < 1.29 is 9.53 Å². The maximum Gasteiger partial charge on any atom is 0.226 e. The van der Waals surface area contributed by atoms with E-state index in [1.54, 1.807) is 12.0 Å². The molecule has 0 aromatic heterocycles. The second kappa shape index (κ2) is 8.18. The SMILES string of the molecule is COc1cccc(CCCN2CCC[C@@H](C(=O)N(C)C)C2)c1. The van der Waals surface area contributed by atoms with Crippen LogP contribution in [0.1, 0.15) is 24.8 Å². The van der Waals surface area contributed by atoms with E-state index >= 15 is 0 Å². The molecule has 1 aromatic carbocycles. The van der Waals surface area contributed by atoms with Gasteiger partial charge in [-0.15, -0.1) is 0 Å². The van der Waals surface area contributed by atoms with E-state index in [2.05, 4.69) is 17.0 Å². The highest BCUT2D eigenvalue weighted by Crippen LogP contribution is 2.19. The molecule has 1 heterocycles. The number of hydrogen-bond donors (Lipinski definition) is 0. The van der Waals surface area contributed by atoms with Crippen LogP contribution in [-0.4, -0.2) is 56.5 Å². The van der Waals surface area contributed by atoms with Crippen LogP contribution in [0.3, 0.4) is 0 Å². The molecule has 1 aliphatic rings. The third kappa shape index (κ3) is 4.73. The van der Waals surface area contributed by atoms with Crippen molar-refractivity contribution >= 4 is 5.91 Å². The van der Waals surface area contributed by atoms with Gasteiger partial charge in [-0.3, -0.25) is 4.79 Å². The standard InChI is InChI=1S/C18H28N2O2/c1-19(2)18(21)16-9-6-12-20(14-16)11-5-8-15-7-4-10-17(13-15)22-3/h4,7,10,13,16H,5-6,8-9,11-12,14H2,1-3H3/t16-/m1/s1. The monoisotopic (exact) mass is 304 g/mol. The zero-order chi connectivity index (χ0) is 15.9. The van der Waals surface area contributed by atoms with Gasteiger partial charge >= 0.3 is 0 Å². The first kappa shape index (κ1) is 16.8. The normalized spacial score (nSPS) is 19.0. The number of benzene rings is 1. The number of carbonyl (C=O) groups is 1. The number of methoxy groups -OCH3 is 1. The Labute approximate surface area is 134 Å². The average Bonchev–Trinajstić information content (AvgIpc) is 2.54. The van der Waals surface area contributed by atoms with E-state index in [0.717, 1.165) is 51.1 Å². The smallest absolute Gasteiger partial charge is 0.226 e. The largest absolute Gasteiger partial charge is 0.497 e. The molecule has 1 aromatic rings. The molecule has 4 nitrogen and oxygen atoms in total. The summed E-state index contributed by atoms with van der Waals surface area (Å²) in [5.74, 6) is 1.38. The number of ether oxygens (including phenoxy) is 1. The topological polar surface area (TPSA) is 32.8 Å². The van der Waals surface area contributed by atoms with Gasteiger partial charge in [0.25, 0.3) is 0 Å². The van der Waals surface area contributed by atoms with Crippen molar-refractivity contribution in [1.29, 1.82) is 0 Å². The summed E-state index contributed by atoms with van der Waals surface area (Å²) >= 11 is 0. The summed E-state index contributed by atoms with van der Waals surface area (Å²) in [5.41, 5.74) is 1.32. The molecule has 1 aliphatic heterocycles. The van der Waals surface area contributed by atoms with Gasteiger partial charge in [-0.25, -0.2) is 0 Å². The summed E-state index contributed by atoms with van der Waals surface area (Å²) in [7, 11) is 5.41. The number of carbonyl (C=O) groups excluding carboxylic acids is 1. The highest BCUT2D eigenvalue weighted by molar-refractivity contribution is 5.78. The van der Waals surface area contributed by atoms with Gasteiger partial charge in [-0.1, -0.05) is 12.1 Å². The molecule has 4 heteroatoms. The minimum Gasteiger partial charge on any atom is -0.497 e. The van der Waals surface area contributed by atoms with Crippen molar-refractivity contribution in [3.05, 3.63) is 29.8 Å². The number of likely N-dealkylation sites (tertiary alicyclic amines) is 1. The number of piperidine rings is 1. The fraction of sp³-hybridized carbons (Fsp3) is 0.611. The maximum atomic E-state index is 12.1. The fourth-order valence-electron chi connectivity index (χ4n) is 3.16. The zero-order valence-corrected chi connectivity index (χ0v) is 14.0. The summed E-state index contributed by atoms with van der Waals surface area (Å²) in [4.78, 5) is 16.3. The van der Waals surface area contributed by atoms with Crippen LogP contribution in [0.2, 0.25) is 0 Å². The lowest BCUT2D eigenvalue weighted by Gasteiger charge is -2.33. The fourth-order valence-corrected chi connectivity index (χ4v) is 3.16. The van der Waals surface area contributed by atoms with Gasteiger partial charge in [-0.05, 0) is 56.5 Å². The summed E-state index contributed by atoms with van der Waals surface area (Å²) in [6.45, 7) is 3.10. The Morgan fingerprint density at radius 1 is 1.41 bits per heavy atom. The highest BCUT2D eigenvalue weighted by Gasteiger charge is 2.26. The second-order valence-corrected chi connectivity index (χ2v) is 6.33. The molecular weight excluding hydrogens is 276 g/mol. The molecule has 0 spiro atoms. The summed E-state index contributed by atoms with van der Waals surface area (Å²) < 4.78 is 5.26. The number of rotatable bonds is 6. The minimum atomic E-state index is 0.181. The number of aryl methyl sites for hydroxylation is 1. The predicted octanol–water partition coefficient (Wildman–Crippen LogP) is 2.43. The molecule has 0 radical (unpaired) electrons. The maximum absolute atomic E-state index is 12.1. The van der Waals surface area contributed by atoms with Crippen molar-refractivity contribution in [3.63, 3.8) is 0 Å². The van der Waals surface area contributed by atoms with Gasteiger partial charge in [0, 0.05) is 20.6 Å². The van der Waals surface area contributed by atoms with Crippen LogP contribution in [0.15, 0.2) is 24.3 Å². The van der Waals surface area contributed by atoms with E-state index in [1.165, 1.54) is 5.56 Å². The lowest BCUT2D eigenvalue weighted by Crippen LogP contribution is -2.43. The Morgan fingerprint density at radius 3 is 2.95 bits per heavy atom. The molecular formula is C18H28N2O2. The van der Waals surface area contributed by atoms with Gasteiger partial charge < -0.3 is 14.5 Å². The molecule has 1 amide bonds. The van der Waals surface area contributed by atoms with Crippen molar-refractivity contribution in [2.24, 2.45) is 5.92 Å². The molecule has 0 unspecified atom stereocenters. The van der Waals surface area contributed by atoms with Gasteiger partial charge in [0.15, 0.2) is 0 Å². The molecule has 0 saturated carbocycles. The Hall–Kier alpha value is -1.55. The molecule has 122 valence electrons. The van der Waals surface area contributed by atoms with Gasteiger partial charge in [0.05, 0.1) is 13.0 Å². The van der Waals surface area contributed by atoms with Gasteiger partial charge in [-0.2, -0.15) is 0 Å². The van der Waals surface area contributed by atoms with Crippen LogP contribution in [0.5, 0.6) is 5.75 Å². The third-order valence-electron chi connectivity index (χ3n) is 4.37. The van der Waals surface area contributed by atoms with E-state index in [0.29, 0.717) is 0 Å². The van der Waals surface area contributed by atoms with Crippen molar-refractivity contribution in [3.8, 4) is 5.75 Å². The van der Waals surface area contributed by atoms with Crippen molar-refractivity contribution in [1.82, 2.24) is 9.80 Å². The highest BCUT2D eigenvalue weighted by atomic mass is 16.5. The van der Waals surface area contributed by atoms with Gasteiger partial charge in [0.2, 0.25) is 5.91 Å². The lowest BCUT2D eigenvalue weighted by atomic mass is 9.96. The Kier molecular flexibility index (Phi) is 6.25. The first-order valence-corrected chi connectivity index (χ1v) is 8.16. The molecule has 1 saturated heterocycles. The predicted molar refractivity (Wildman–Crippen MR) is 89.2 cm³/mol. The third-order valence-corrected chi connectivity index (χ3v) is 4.37. The van der Waals surface area contributed by atoms with Gasteiger partial charge in [0.1, 0.15) is 5.75 Å². The van der Waals surface area contributed by atoms with Crippen molar-refractivity contribution in [2.75, 3.05) is 40.8 Å². The van der Waals surface area contributed by atoms with Crippen molar-refractivity contribution in [2.45, 2.75) is 25.7 Å². The van der Waals surface area contributed by atoms with Crippen LogP contribution in [0.25, 0.3) is 0 Å². The molecule has 0 N–H and O–H groups in total. The first-order chi connectivity index (χ1) is 10.6. The van der Waals surface area contributed by atoms with Crippen LogP contribution < -0.4 is 4.74 Å². The molecule has 2 rings (SSSR count). The average molecular weight is 304 g/mol. The van der Waals surface area contributed by atoms with E-state index in [9.17, 15) is 4.79 Å². The Balaban J connectivity index is 1.77. The Bertz CT molecular complexity index is 488. The quantitative estimate of drug-likeness (QED) is 0.809. The Morgan fingerprint density at radius 2 is 2.23 bits per heavy atom. The number of amides is 1. The van der Waals surface area contributed by atoms with E-state index < -0.39 is 0 Å². The molecule has 0 bridgehead atoms. The summed E-state index contributed by atoms with van der Waals surface area (Å²) in [5, 5.41) is 0. The lowest BCUT2D eigenvalue weighted by molar-refractivity contribution is -0.134. The van der Waals surface area contributed by atoms with Crippen LogP contribution in [-0.2, 0) is 11.2 Å². The van der Waals surface area contributed by atoms with Crippen LogP contribution in [0.4, 0.5) is 0 Å². The summed E-state index contributed by atoms with van der Waals surface area (Å²) in [6.07, 6.45) is 4.34.